The second-order valence-electron chi connectivity index (χ2n) is 3.90. The Bertz CT molecular complexity index is 200. The first-order chi connectivity index (χ1) is 7.20. The molecule has 0 saturated heterocycles. The molecule has 15 heavy (non-hydrogen) atoms. The Hall–Kier alpha value is -0.860. The van der Waals surface area contributed by atoms with Crippen LogP contribution >= 0.6 is 0 Å². The molecule has 0 unspecified atom stereocenters. The highest BCUT2D eigenvalue weighted by molar-refractivity contribution is 5.84. The molecule has 0 aromatic heterocycles. The molecule has 0 bridgehead atoms. The normalized spacial score (nSPS) is 11.5. The largest absolute Gasteiger partial charge is 0.273 e. The molecule has 0 aromatic carbocycles. The molecule has 0 aliphatic rings. The first-order valence-electron chi connectivity index (χ1n) is 6.02. The lowest BCUT2D eigenvalue weighted by Gasteiger charge is -2.01. The van der Waals surface area contributed by atoms with Crippen molar-refractivity contribution in [2.45, 2.75) is 65.7 Å². The lowest BCUT2D eigenvalue weighted by molar-refractivity contribution is -0.121. The summed E-state index contributed by atoms with van der Waals surface area (Å²) < 4.78 is 0. The van der Waals surface area contributed by atoms with Gasteiger partial charge in [-0.25, -0.2) is 5.43 Å². The second kappa shape index (κ2) is 9.69. The van der Waals surface area contributed by atoms with Crippen LogP contribution in [0.1, 0.15) is 65.7 Å². The molecule has 0 aliphatic heterocycles. The van der Waals surface area contributed by atoms with Crippen LogP contribution in [0, 0.1) is 0 Å². The zero-order valence-electron chi connectivity index (χ0n) is 10.3. The third-order valence-electron chi connectivity index (χ3n) is 2.39. The Balaban J connectivity index is 3.41. The fourth-order valence-corrected chi connectivity index (χ4v) is 1.18. The summed E-state index contributed by atoms with van der Waals surface area (Å²) in [5.41, 5.74) is 3.54. The van der Waals surface area contributed by atoms with Crippen molar-refractivity contribution in [3.63, 3.8) is 0 Å². The van der Waals surface area contributed by atoms with Crippen LogP contribution in [0.2, 0.25) is 0 Å². The van der Waals surface area contributed by atoms with Crippen LogP contribution in [-0.4, -0.2) is 11.6 Å². The number of hydrogen-bond acceptors (Lipinski definition) is 2. The second-order valence-corrected chi connectivity index (χ2v) is 3.90. The first-order valence-corrected chi connectivity index (χ1v) is 6.02. The van der Waals surface area contributed by atoms with Gasteiger partial charge in [0.2, 0.25) is 5.91 Å². The molecule has 0 radical (unpaired) electrons. The summed E-state index contributed by atoms with van der Waals surface area (Å²) >= 11 is 0. The van der Waals surface area contributed by atoms with Crippen LogP contribution in [0.15, 0.2) is 5.10 Å². The van der Waals surface area contributed by atoms with E-state index in [1.807, 2.05) is 13.8 Å². The monoisotopic (exact) mass is 212 g/mol. The predicted molar refractivity (Wildman–Crippen MR) is 64.9 cm³/mol. The molecule has 0 fully saturated rings. The summed E-state index contributed by atoms with van der Waals surface area (Å²) in [6.07, 6.45) is 7.37. The smallest absolute Gasteiger partial charge is 0.240 e. The molecule has 1 amide bonds. The van der Waals surface area contributed by atoms with E-state index in [2.05, 4.69) is 17.5 Å². The van der Waals surface area contributed by atoms with Gasteiger partial charge in [0.1, 0.15) is 0 Å². The minimum Gasteiger partial charge on any atom is -0.273 e. The van der Waals surface area contributed by atoms with E-state index in [1.54, 1.807) is 0 Å². The molecular weight excluding hydrogens is 188 g/mol. The van der Waals surface area contributed by atoms with Gasteiger partial charge < -0.3 is 0 Å². The summed E-state index contributed by atoms with van der Waals surface area (Å²) in [7, 11) is 0. The average molecular weight is 212 g/mol. The van der Waals surface area contributed by atoms with Crippen LogP contribution in [0.5, 0.6) is 0 Å². The summed E-state index contributed by atoms with van der Waals surface area (Å²) in [5, 5.41) is 3.97. The SMILES string of the molecule is CCCCCCCC(=O)NN=C(C)CC. The van der Waals surface area contributed by atoms with Gasteiger partial charge in [0.15, 0.2) is 0 Å². The topological polar surface area (TPSA) is 41.5 Å². The average Bonchev–Trinajstić information content (AvgIpc) is 2.25. The maximum Gasteiger partial charge on any atom is 0.240 e. The van der Waals surface area contributed by atoms with Crippen molar-refractivity contribution < 1.29 is 4.79 Å². The van der Waals surface area contributed by atoms with Crippen molar-refractivity contribution in [3.05, 3.63) is 0 Å². The van der Waals surface area contributed by atoms with Gasteiger partial charge in [0.25, 0.3) is 0 Å². The van der Waals surface area contributed by atoms with Crippen molar-refractivity contribution in [3.8, 4) is 0 Å². The summed E-state index contributed by atoms with van der Waals surface area (Å²) in [5.74, 6) is 0.0410. The zero-order valence-corrected chi connectivity index (χ0v) is 10.3. The maximum atomic E-state index is 11.3. The van der Waals surface area contributed by atoms with E-state index in [9.17, 15) is 4.79 Å². The number of carbonyl (C=O) groups excluding carboxylic acids is 1. The number of hydrogen-bond donors (Lipinski definition) is 1. The summed E-state index contributed by atoms with van der Waals surface area (Å²) in [6, 6.07) is 0. The van der Waals surface area contributed by atoms with Crippen LogP contribution in [0.4, 0.5) is 0 Å². The standard InChI is InChI=1S/C12H24N2O/c1-4-6-7-8-9-10-12(15)14-13-11(3)5-2/h4-10H2,1-3H3,(H,14,15). The number of nitrogens with zero attached hydrogens (tertiary/aromatic N) is 1. The maximum absolute atomic E-state index is 11.3. The molecule has 0 aromatic rings. The number of amides is 1. The van der Waals surface area contributed by atoms with Gasteiger partial charge in [-0.05, 0) is 19.8 Å². The number of rotatable bonds is 8. The quantitative estimate of drug-likeness (QED) is 0.374. The molecule has 3 nitrogen and oxygen atoms in total. The Labute approximate surface area is 93.3 Å². The third-order valence-corrected chi connectivity index (χ3v) is 2.39. The molecule has 0 aliphatic carbocycles. The highest BCUT2D eigenvalue weighted by atomic mass is 16.2. The Morgan fingerprint density at radius 1 is 1.13 bits per heavy atom. The molecule has 0 atom stereocenters. The van der Waals surface area contributed by atoms with Crippen LogP contribution in [0.25, 0.3) is 0 Å². The summed E-state index contributed by atoms with van der Waals surface area (Å²) in [4.78, 5) is 11.3. The molecular formula is C12H24N2O. The van der Waals surface area contributed by atoms with Crippen molar-refractivity contribution in [2.75, 3.05) is 0 Å². The van der Waals surface area contributed by atoms with Gasteiger partial charge in [-0.2, -0.15) is 5.10 Å². The number of hydrazone groups is 1. The fraction of sp³-hybridized carbons (Fsp3) is 0.833. The minimum absolute atomic E-state index is 0.0410. The molecule has 1 N–H and O–H groups in total. The van der Waals surface area contributed by atoms with E-state index in [4.69, 9.17) is 0 Å². The molecule has 3 heteroatoms. The molecule has 0 rings (SSSR count). The number of carbonyl (C=O) groups is 1. The lowest BCUT2D eigenvalue weighted by Crippen LogP contribution is -2.18. The van der Waals surface area contributed by atoms with Crippen molar-refractivity contribution >= 4 is 11.6 Å². The van der Waals surface area contributed by atoms with Crippen LogP contribution < -0.4 is 5.43 Å². The van der Waals surface area contributed by atoms with Crippen molar-refractivity contribution in [2.24, 2.45) is 5.10 Å². The predicted octanol–water partition coefficient (Wildman–Crippen LogP) is 3.25. The van der Waals surface area contributed by atoms with Crippen LogP contribution in [-0.2, 0) is 4.79 Å². The van der Waals surface area contributed by atoms with Gasteiger partial charge in [0, 0.05) is 12.1 Å². The van der Waals surface area contributed by atoms with Crippen molar-refractivity contribution in [1.29, 1.82) is 0 Å². The highest BCUT2D eigenvalue weighted by Gasteiger charge is 1.99. The van der Waals surface area contributed by atoms with Gasteiger partial charge >= 0.3 is 0 Å². The van der Waals surface area contributed by atoms with E-state index >= 15 is 0 Å². The Morgan fingerprint density at radius 3 is 2.40 bits per heavy atom. The molecule has 0 saturated carbocycles. The first kappa shape index (κ1) is 14.1. The van der Waals surface area contributed by atoms with E-state index in [-0.39, 0.29) is 5.91 Å². The highest BCUT2D eigenvalue weighted by Crippen LogP contribution is 2.04. The third kappa shape index (κ3) is 9.44. The molecule has 0 spiro atoms. The molecule has 88 valence electrons. The minimum atomic E-state index is 0.0410. The van der Waals surface area contributed by atoms with Gasteiger partial charge in [-0.15, -0.1) is 0 Å². The lowest BCUT2D eigenvalue weighted by atomic mass is 10.1. The van der Waals surface area contributed by atoms with Gasteiger partial charge in [-0.1, -0.05) is 39.5 Å². The Morgan fingerprint density at radius 2 is 1.80 bits per heavy atom. The van der Waals surface area contributed by atoms with Crippen molar-refractivity contribution in [1.82, 2.24) is 5.43 Å². The van der Waals surface area contributed by atoms with Gasteiger partial charge in [0.05, 0.1) is 0 Å². The van der Waals surface area contributed by atoms with E-state index in [0.717, 1.165) is 25.0 Å². The molecule has 0 heterocycles. The summed E-state index contributed by atoms with van der Waals surface area (Å²) in [6.45, 7) is 6.13. The van der Waals surface area contributed by atoms with E-state index in [1.165, 1.54) is 19.3 Å². The van der Waals surface area contributed by atoms with E-state index < -0.39 is 0 Å². The van der Waals surface area contributed by atoms with E-state index in [0.29, 0.717) is 6.42 Å². The van der Waals surface area contributed by atoms with Crippen LogP contribution in [0.3, 0.4) is 0 Å². The van der Waals surface area contributed by atoms with Gasteiger partial charge in [-0.3, -0.25) is 4.79 Å². The fourth-order valence-electron chi connectivity index (χ4n) is 1.18. The number of unbranched alkanes of at least 4 members (excludes halogenated alkanes) is 4. The Kier molecular flexibility index (Phi) is 9.13. The zero-order chi connectivity index (χ0) is 11.5. The number of nitrogens with one attached hydrogen (secondary N) is 1.